The van der Waals surface area contributed by atoms with Gasteiger partial charge in [0.15, 0.2) is 0 Å². The average molecular weight is 366 g/mol. The van der Waals surface area contributed by atoms with Crippen LogP contribution in [0, 0.1) is 0 Å². The lowest BCUT2D eigenvalue weighted by Gasteiger charge is -2.40. The van der Waals surface area contributed by atoms with E-state index in [9.17, 15) is 0 Å². The minimum absolute atomic E-state index is 0. The zero-order chi connectivity index (χ0) is 17.3. The van der Waals surface area contributed by atoms with E-state index in [1.807, 2.05) is 30.3 Å². The number of aliphatic hydroxyl groups excluding tert-OH is 1. The monoisotopic (exact) mass is 365 g/mol. The van der Waals surface area contributed by atoms with Crippen molar-refractivity contribution in [2.45, 2.75) is 19.1 Å². The molecule has 1 saturated heterocycles. The second kappa shape index (κ2) is 11.1. The van der Waals surface area contributed by atoms with Crippen LogP contribution >= 0.6 is 12.4 Å². The number of benzene rings is 2. The number of rotatable bonds is 5. The molecule has 5 heteroatoms. The number of aliphatic hydroxyl groups is 1. The Bertz CT molecular complexity index is 582. The maximum absolute atomic E-state index is 7.00. The van der Waals surface area contributed by atoms with Crippen LogP contribution in [0.5, 0.6) is 5.75 Å². The van der Waals surface area contributed by atoms with Crippen LogP contribution in [0.3, 0.4) is 0 Å². The Morgan fingerprint density at radius 3 is 2.28 bits per heavy atom. The van der Waals surface area contributed by atoms with Gasteiger partial charge in [0.05, 0.1) is 6.61 Å². The van der Waals surface area contributed by atoms with E-state index in [0.29, 0.717) is 6.61 Å². The third-order valence-electron chi connectivity index (χ3n) is 3.95. The topological polar surface area (TPSA) is 41.9 Å². The van der Waals surface area contributed by atoms with Gasteiger partial charge in [0.1, 0.15) is 18.0 Å². The van der Waals surface area contributed by atoms with Gasteiger partial charge in [0.25, 0.3) is 0 Å². The van der Waals surface area contributed by atoms with Gasteiger partial charge in [-0.15, -0.1) is 12.4 Å². The summed E-state index contributed by atoms with van der Waals surface area (Å²) in [6, 6.07) is 20.5. The largest absolute Gasteiger partial charge is 0.491 e. The highest BCUT2D eigenvalue weighted by molar-refractivity contribution is 5.85. The van der Waals surface area contributed by atoms with Crippen LogP contribution in [0.1, 0.15) is 12.5 Å². The third-order valence-corrected chi connectivity index (χ3v) is 3.95. The molecule has 1 heterocycles. The summed E-state index contributed by atoms with van der Waals surface area (Å²) in [5, 5.41) is 7.00. The number of ether oxygens (including phenoxy) is 2. The third kappa shape index (κ3) is 7.04. The SMILES string of the molecule is CC1(COc2ccccc2)CN(Cc2ccccc2)CCO1.CO.Cl. The molecule has 0 bridgehead atoms. The average Bonchev–Trinajstić information content (AvgIpc) is 2.64. The fourth-order valence-electron chi connectivity index (χ4n) is 2.84. The maximum atomic E-state index is 7.00. The fourth-order valence-corrected chi connectivity index (χ4v) is 2.84. The van der Waals surface area contributed by atoms with Gasteiger partial charge < -0.3 is 14.6 Å². The molecular formula is C20H28ClNO3. The Labute approximate surface area is 156 Å². The van der Waals surface area contributed by atoms with E-state index >= 15 is 0 Å². The standard InChI is InChI=1S/C19H23NO2.CH4O.ClH/c1-19(16-21-18-10-6-3-7-11-18)15-20(12-13-22-19)14-17-8-4-2-5-9-17;1-2;/h2-11H,12-16H2,1H3;2H,1H3;1H. The van der Waals surface area contributed by atoms with Crippen molar-refractivity contribution in [3.63, 3.8) is 0 Å². The van der Waals surface area contributed by atoms with Gasteiger partial charge in [-0.1, -0.05) is 48.5 Å². The Balaban J connectivity index is 0.00000101. The lowest BCUT2D eigenvalue weighted by Crippen LogP contribution is -2.52. The second-order valence-electron chi connectivity index (χ2n) is 6.10. The Morgan fingerprint density at radius 2 is 1.64 bits per heavy atom. The van der Waals surface area contributed by atoms with Crippen LogP contribution in [0.25, 0.3) is 0 Å². The van der Waals surface area contributed by atoms with E-state index in [4.69, 9.17) is 14.6 Å². The van der Waals surface area contributed by atoms with Gasteiger partial charge in [-0.2, -0.15) is 0 Å². The van der Waals surface area contributed by atoms with E-state index in [1.54, 1.807) is 0 Å². The highest BCUT2D eigenvalue weighted by Crippen LogP contribution is 2.21. The zero-order valence-electron chi connectivity index (χ0n) is 14.9. The minimum atomic E-state index is -0.261. The Morgan fingerprint density at radius 1 is 1.04 bits per heavy atom. The molecule has 1 aliphatic heterocycles. The van der Waals surface area contributed by atoms with Crippen LogP contribution in [0.15, 0.2) is 60.7 Å². The number of hydrogen-bond donors (Lipinski definition) is 1. The number of para-hydroxylation sites is 1. The quantitative estimate of drug-likeness (QED) is 0.881. The molecule has 0 saturated carbocycles. The molecule has 2 aromatic carbocycles. The summed E-state index contributed by atoms with van der Waals surface area (Å²) in [6.45, 7) is 6.27. The predicted molar refractivity (Wildman–Crippen MR) is 103 cm³/mol. The molecule has 25 heavy (non-hydrogen) atoms. The molecule has 1 fully saturated rings. The molecule has 1 N–H and O–H groups in total. The molecule has 138 valence electrons. The van der Waals surface area contributed by atoms with Gasteiger partial charge in [0.2, 0.25) is 0 Å². The van der Waals surface area contributed by atoms with Gasteiger partial charge in [-0.05, 0) is 24.6 Å². The maximum Gasteiger partial charge on any atom is 0.119 e. The van der Waals surface area contributed by atoms with Gasteiger partial charge in [0, 0.05) is 26.7 Å². The molecule has 4 nitrogen and oxygen atoms in total. The van der Waals surface area contributed by atoms with Crippen LogP contribution in [0.4, 0.5) is 0 Å². The number of morpholine rings is 1. The zero-order valence-corrected chi connectivity index (χ0v) is 15.7. The van der Waals surface area contributed by atoms with Gasteiger partial charge >= 0.3 is 0 Å². The number of halogens is 1. The molecule has 0 amide bonds. The van der Waals surface area contributed by atoms with Crippen molar-refractivity contribution in [3.8, 4) is 5.75 Å². The van der Waals surface area contributed by atoms with Crippen molar-refractivity contribution >= 4 is 12.4 Å². The smallest absolute Gasteiger partial charge is 0.119 e. The van der Waals surface area contributed by atoms with Crippen LogP contribution in [0.2, 0.25) is 0 Å². The number of nitrogens with zero attached hydrogens (tertiary/aromatic N) is 1. The summed E-state index contributed by atoms with van der Waals surface area (Å²) >= 11 is 0. The van der Waals surface area contributed by atoms with Crippen molar-refractivity contribution in [3.05, 3.63) is 66.2 Å². The first-order chi connectivity index (χ1) is 11.7. The summed E-state index contributed by atoms with van der Waals surface area (Å²) in [5.41, 5.74) is 1.08. The molecule has 1 atom stereocenters. The summed E-state index contributed by atoms with van der Waals surface area (Å²) in [4.78, 5) is 2.44. The number of hydrogen-bond acceptors (Lipinski definition) is 4. The highest BCUT2D eigenvalue weighted by Gasteiger charge is 2.33. The van der Waals surface area contributed by atoms with E-state index in [2.05, 4.69) is 42.2 Å². The minimum Gasteiger partial charge on any atom is -0.491 e. The van der Waals surface area contributed by atoms with Crippen LogP contribution in [-0.4, -0.2) is 49.0 Å². The van der Waals surface area contributed by atoms with E-state index in [-0.39, 0.29) is 18.0 Å². The Kier molecular flexibility index (Phi) is 9.53. The van der Waals surface area contributed by atoms with Crippen molar-refractivity contribution in [1.29, 1.82) is 0 Å². The molecule has 0 aliphatic carbocycles. The molecule has 1 aliphatic rings. The molecular weight excluding hydrogens is 338 g/mol. The van der Waals surface area contributed by atoms with Crippen LogP contribution in [-0.2, 0) is 11.3 Å². The van der Waals surface area contributed by atoms with Crippen molar-refractivity contribution in [2.75, 3.05) is 33.4 Å². The second-order valence-corrected chi connectivity index (χ2v) is 6.10. The van der Waals surface area contributed by atoms with E-state index < -0.39 is 0 Å². The van der Waals surface area contributed by atoms with Crippen molar-refractivity contribution in [1.82, 2.24) is 4.90 Å². The first kappa shape index (κ1) is 21.5. The Hall–Kier alpha value is -1.59. The summed E-state index contributed by atoms with van der Waals surface area (Å²) in [7, 11) is 1.00. The van der Waals surface area contributed by atoms with Gasteiger partial charge in [-0.3, -0.25) is 4.90 Å². The molecule has 0 aromatic heterocycles. The molecule has 0 radical (unpaired) electrons. The van der Waals surface area contributed by atoms with Crippen molar-refractivity contribution < 1.29 is 14.6 Å². The predicted octanol–water partition coefficient (Wildman–Crippen LogP) is 3.39. The molecule has 2 aromatic rings. The molecule has 0 spiro atoms. The van der Waals surface area contributed by atoms with E-state index in [0.717, 1.165) is 39.1 Å². The fraction of sp³-hybridized carbons (Fsp3) is 0.400. The molecule has 3 rings (SSSR count). The summed E-state index contributed by atoms with van der Waals surface area (Å²) < 4.78 is 11.9. The lowest BCUT2D eigenvalue weighted by atomic mass is 10.0. The van der Waals surface area contributed by atoms with E-state index in [1.165, 1.54) is 5.56 Å². The lowest BCUT2D eigenvalue weighted by molar-refractivity contribution is -0.118. The first-order valence-electron chi connectivity index (χ1n) is 8.26. The normalized spacial score (nSPS) is 20.0. The van der Waals surface area contributed by atoms with Gasteiger partial charge in [-0.25, -0.2) is 0 Å². The molecule has 1 unspecified atom stereocenters. The van der Waals surface area contributed by atoms with Crippen LogP contribution < -0.4 is 4.74 Å². The highest BCUT2D eigenvalue weighted by atomic mass is 35.5. The summed E-state index contributed by atoms with van der Waals surface area (Å²) in [6.07, 6.45) is 0. The first-order valence-corrected chi connectivity index (χ1v) is 8.26. The van der Waals surface area contributed by atoms with Crippen molar-refractivity contribution in [2.24, 2.45) is 0 Å². The summed E-state index contributed by atoms with van der Waals surface area (Å²) in [5.74, 6) is 0.896.